The summed E-state index contributed by atoms with van der Waals surface area (Å²) in [6.45, 7) is 1.42. The Hall–Kier alpha value is -2.27. The maximum atomic E-state index is 12.8. The smallest absolute Gasteiger partial charge is 0.488 e. The normalized spacial score (nSPS) is 11.8. The average molecular weight is 483 g/mol. The topological polar surface area (TPSA) is 78.9 Å². The van der Waals surface area contributed by atoms with Crippen LogP contribution in [0.25, 0.3) is 0 Å². The van der Waals surface area contributed by atoms with Gasteiger partial charge in [0.2, 0.25) is 0 Å². The van der Waals surface area contributed by atoms with Crippen LogP contribution in [0.5, 0.6) is 11.5 Å². The SMILES string of the molecule is COC(=O)c1c(C)cc(OCc2ccccc2)c(Br)c1OS(=O)(=O)C(F)(F)F. The molecule has 0 bridgehead atoms. The molecule has 0 atom stereocenters. The maximum absolute atomic E-state index is 12.8. The number of esters is 1. The van der Waals surface area contributed by atoms with Crippen molar-refractivity contribution >= 4 is 32.0 Å². The first-order valence-electron chi connectivity index (χ1n) is 7.57. The third-order valence-corrected chi connectivity index (χ3v) is 5.19. The molecule has 28 heavy (non-hydrogen) atoms. The zero-order valence-electron chi connectivity index (χ0n) is 14.5. The van der Waals surface area contributed by atoms with Crippen LogP contribution in [0.15, 0.2) is 40.9 Å². The molecule has 11 heteroatoms. The highest BCUT2D eigenvalue weighted by Gasteiger charge is 2.49. The molecule has 0 spiro atoms. The van der Waals surface area contributed by atoms with Gasteiger partial charge in [-0.3, -0.25) is 0 Å². The minimum absolute atomic E-state index is 0.0126. The molecule has 0 fully saturated rings. The van der Waals surface area contributed by atoms with Crippen molar-refractivity contribution in [3.63, 3.8) is 0 Å². The van der Waals surface area contributed by atoms with Crippen molar-refractivity contribution in [3.05, 3.63) is 57.6 Å². The molecule has 0 saturated heterocycles. The Morgan fingerprint density at radius 1 is 1.18 bits per heavy atom. The second-order valence-corrected chi connectivity index (χ2v) is 7.79. The van der Waals surface area contributed by atoms with Gasteiger partial charge in [0, 0.05) is 0 Å². The largest absolute Gasteiger partial charge is 0.534 e. The summed E-state index contributed by atoms with van der Waals surface area (Å²) in [5.41, 5.74) is -5.30. The van der Waals surface area contributed by atoms with E-state index in [1.54, 1.807) is 30.3 Å². The summed E-state index contributed by atoms with van der Waals surface area (Å²) >= 11 is 2.97. The van der Waals surface area contributed by atoms with Crippen molar-refractivity contribution in [3.8, 4) is 11.5 Å². The molecule has 0 aliphatic rings. The van der Waals surface area contributed by atoms with Gasteiger partial charge >= 0.3 is 21.6 Å². The van der Waals surface area contributed by atoms with Crippen LogP contribution in [-0.4, -0.2) is 27.0 Å². The van der Waals surface area contributed by atoms with E-state index in [9.17, 15) is 26.4 Å². The zero-order chi connectivity index (χ0) is 21.1. The van der Waals surface area contributed by atoms with Crippen molar-refractivity contribution < 1.29 is 40.0 Å². The second-order valence-electron chi connectivity index (χ2n) is 5.46. The number of carbonyl (C=O) groups excluding carboxylic acids is 1. The number of rotatable bonds is 6. The van der Waals surface area contributed by atoms with Crippen LogP contribution in [-0.2, 0) is 21.5 Å². The summed E-state index contributed by atoms with van der Waals surface area (Å²) in [7, 11) is -5.03. The molecule has 2 rings (SSSR count). The van der Waals surface area contributed by atoms with Gasteiger partial charge in [-0.2, -0.15) is 21.6 Å². The van der Waals surface area contributed by atoms with Crippen LogP contribution >= 0.6 is 15.9 Å². The van der Waals surface area contributed by atoms with Crippen molar-refractivity contribution in [2.24, 2.45) is 0 Å². The first kappa shape index (κ1) is 22.0. The first-order valence-corrected chi connectivity index (χ1v) is 9.77. The standard InChI is InChI=1S/C17H14BrF3O6S/c1-10-8-12(26-9-11-6-4-3-5-7-11)14(18)15(13(10)16(22)25-2)27-28(23,24)17(19,20)21/h3-8H,9H2,1-2H3. The van der Waals surface area contributed by atoms with Crippen molar-refractivity contribution in [1.82, 2.24) is 0 Å². The molecule has 152 valence electrons. The Morgan fingerprint density at radius 3 is 2.32 bits per heavy atom. The van der Waals surface area contributed by atoms with E-state index in [0.717, 1.165) is 12.7 Å². The minimum atomic E-state index is -6.03. The number of hydrogen-bond acceptors (Lipinski definition) is 6. The van der Waals surface area contributed by atoms with Gasteiger partial charge < -0.3 is 13.7 Å². The van der Waals surface area contributed by atoms with E-state index in [1.165, 1.54) is 13.0 Å². The lowest BCUT2D eigenvalue weighted by Crippen LogP contribution is -2.29. The van der Waals surface area contributed by atoms with Crippen LogP contribution < -0.4 is 8.92 Å². The lowest BCUT2D eigenvalue weighted by atomic mass is 10.1. The lowest BCUT2D eigenvalue weighted by Gasteiger charge is -2.18. The Balaban J connectivity index is 2.53. The second kappa shape index (κ2) is 8.39. The monoisotopic (exact) mass is 482 g/mol. The summed E-state index contributed by atoms with van der Waals surface area (Å²) < 4.78 is 75.3. The van der Waals surface area contributed by atoms with Gasteiger partial charge in [-0.05, 0) is 40.0 Å². The van der Waals surface area contributed by atoms with Crippen molar-refractivity contribution in [2.45, 2.75) is 19.0 Å². The summed E-state index contributed by atoms with van der Waals surface area (Å²) in [5, 5.41) is 0. The van der Waals surface area contributed by atoms with E-state index in [1.807, 2.05) is 0 Å². The Morgan fingerprint density at radius 2 is 1.79 bits per heavy atom. The summed E-state index contributed by atoms with van der Waals surface area (Å²) in [4.78, 5) is 12.0. The highest BCUT2D eigenvalue weighted by Crippen LogP contribution is 2.42. The molecule has 2 aromatic carbocycles. The molecule has 0 aromatic heterocycles. The first-order chi connectivity index (χ1) is 13.0. The number of aryl methyl sites for hydroxylation is 1. The molecular formula is C17H14BrF3O6S. The number of ether oxygens (including phenoxy) is 2. The zero-order valence-corrected chi connectivity index (χ0v) is 16.9. The van der Waals surface area contributed by atoms with Crippen molar-refractivity contribution in [1.29, 1.82) is 0 Å². The minimum Gasteiger partial charge on any atom is -0.488 e. The van der Waals surface area contributed by atoms with Crippen molar-refractivity contribution in [2.75, 3.05) is 7.11 Å². The maximum Gasteiger partial charge on any atom is 0.534 e. The quantitative estimate of drug-likeness (QED) is 0.346. The number of alkyl halides is 3. The average Bonchev–Trinajstić information content (AvgIpc) is 2.62. The Kier molecular flexibility index (Phi) is 6.60. The van der Waals surface area contributed by atoms with Gasteiger partial charge in [-0.1, -0.05) is 30.3 Å². The lowest BCUT2D eigenvalue weighted by molar-refractivity contribution is -0.0500. The summed E-state index contributed by atoms with van der Waals surface area (Å²) in [5.74, 6) is -1.95. The Labute approximate surface area is 167 Å². The van der Waals surface area contributed by atoms with E-state index >= 15 is 0 Å². The van der Waals surface area contributed by atoms with Crippen LogP contribution in [0.2, 0.25) is 0 Å². The molecule has 0 saturated carbocycles. The molecule has 2 aromatic rings. The third-order valence-electron chi connectivity index (χ3n) is 3.49. The molecule has 0 radical (unpaired) electrons. The molecule has 0 N–H and O–H groups in total. The summed E-state index contributed by atoms with van der Waals surface area (Å²) in [6.07, 6.45) is 0. The van der Waals surface area contributed by atoms with Gasteiger partial charge in [0.15, 0.2) is 5.75 Å². The van der Waals surface area contributed by atoms with Crippen LogP contribution in [0.3, 0.4) is 0 Å². The van der Waals surface area contributed by atoms with Gasteiger partial charge in [0.25, 0.3) is 0 Å². The van der Waals surface area contributed by atoms with Crippen LogP contribution in [0.1, 0.15) is 21.5 Å². The molecule has 0 aliphatic carbocycles. The van der Waals surface area contributed by atoms with Gasteiger partial charge in [0.1, 0.15) is 22.4 Å². The van der Waals surface area contributed by atoms with Gasteiger partial charge in [-0.15, -0.1) is 0 Å². The van der Waals surface area contributed by atoms with Crippen LogP contribution in [0.4, 0.5) is 13.2 Å². The predicted octanol–water partition coefficient (Wildman–Crippen LogP) is 4.35. The van der Waals surface area contributed by atoms with E-state index in [0.29, 0.717) is 0 Å². The molecule has 0 aliphatic heterocycles. The van der Waals surface area contributed by atoms with E-state index < -0.39 is 32.9 Å². The summed E-state index contributed by atoms with van der Waals surface area (Å²) in [6, 6.07) is 10.2. The van der Waals surface area contributed by atoms with E-state index in [-0.39, 0.29) is 22.4 Å². The number of methoxy groups -OCH3 is 1. The number of hydrogen-bond donors (Lipinski definition) is 0. The molecule has 0 amide bonds. The predicted molar refractivity (Wildman–Crippen MR) is 96.6 cm³/mol. The highest BCUT2D eigenvalue weighted by atomic mass is 79.9. The fraction of sp³-hybridized carbons (Fsp3) is 0.235. The van der Waals surface area contributed by atoms with Gasteiger partial charge in [0.05, 0.1) is 7.11 Å². The fourth-order valence-electron chi connectivity index (χ4n) is 2.16. The molecular weight excluding hydrogens is 469 g/mol. The molecule has 0 unspecified atom stereocenters. The number of benzene rings is 2. The molecule has 0 heterocycles. The van der Waals surface area contributed by atoms with E-state index in [4.69, 9.17) is 4.74 Å². The van der Waals surface area contributed by atoms with Crippen LogP contribution in [0, 0.1) is 6.92 Å². The highest BCUT2D eigenvalue weighted by molar-refractivity contribution is 9.10. The fourth-order valence-corrected chi connectivity index (χ4v) is 3.26. The van der Waals surface area contributed by atoms with Gasteiger partial charge in [-0.25, -0.2) is 4.79 Å². The number of carbonyl (C=O) groups is 1. The van der Waals surface area contributed by atoms with E-state index in [2.05, 4.69) is 24.8 Å². The Bertz CT molecular complexity index is 975. The molecule has 6 nitrogen and oxygen atoms in total. The third kappa shape index (κ3) is 4.76. The number of halogens is 4.